The lowest BCUT2D eigenvalue weighted by Gasteiger charge is -2.46. The molecule has 2 atom stereocenters. The van der Waals surface area contributed by atoms with Crippen molar-refractivity contribution < 1.29 is 9.53 Å². The van der Waals surface area contributed by atoms with E-state index in [1.54, 1.807) is 16.6 Å². The zero-order valence-electron chi connectivity index (χ0n) is 19.1. The van der Waals surface area contributed by atoms with Crippen molar-refractivity contribution in [2.45, 2.75) is 44.3 Å². The molecule has 1 amide bonds. The van der Waals surface area contributed by atoms with Crippen LogP contribution in [-0.4, -0.2) is 52.6 Å². The summed E-state index contributed by atoms with van der Waals surface area (Å²) in [5, 5.41) is 0.702. The molecule has 2 aliphatic carbocycles. The first-order valence-corrected chi connectivity index (χ1v) is 12.1. The Morgan fingerprint density at radius 1 is 1.18 bits per heavy atom. The number of allylic oxidation sites excluding steroid dienone is 5. The van der Waals surface area contributed by atoms with Crippen LogP contribution in [0.25, 0.3) is 11.9 Å². The number of hydrogen-bond donors (Lipinski definition) is 0. The van der Waals surface area contributed by atoms with Gasteiger partial charge in [-0.15, -0.1) is 0 Å². The van der Waals surface area contributed by atoms with Crippen molar-refractivity contribution >= 4 is 35.1 Å². The van der Waals surface area contributed by atoms with Crippen molar-refractivity contribution in [3.63, 3.8) is 0 Å². The molecule has 4 aliphatic rings. The van der Waals surface area contributed by atoms with Gasteiger partial charge in [-0.1, -0.05) is 29.8 Å². The largest absolute Gasteiger partial charge is 0.377 e. The molecule has 2 unspecified atom stereocenters. The van der Waals surface area contributed by atoms with Crippen LogP contribution in [0.2, 0.25) is 0 Å². The van der Waals surface area contributed by atoms with E-state index in [0.717, 1.165) is 23.4 Å². The molecule has 0 aromatic carbocycles. The number of carbonyl (C=O) groups excluding carboxylic acids is 1. The van der Waals surface area contributed by atoms with Crippen LogP contribution in [0.1, 0.15) is 37.1 Å². The molecule has 0 N–H and O–H groups in total. The van der Waals surface area contributed by atoms with Crippen molar-refractivity contribution in [1.29, 1.82) is 0 Å². The molecule has 6 rings (SSSR count). The maximum Gasteiger partial charge on any atom is 0.276 e. The second kappa shape index (κ2) is 7.99. The van der Waals surface area contributed by atoms with E-state index in [0.29, 0.717) is 42.7 Å². The monoisotopic (exact) mass is 479 g/mol. The van der Waals surface area contributed by atoms with Crippen LogP contribution in [0.4, 0.5) is 11.5 Å². The van der Waals surface area contributed by atoms with Gasteiger partial charge in [0, 0.05) is 17.6 Å². The van der Waals surface area contributed by atoms with Crippen molar-refractivity contribution in [2.75, 3.05) is 30.1 Å². The van der Waals surface area contributed by atoms with E-state index >= 15 is 0 Å². The van der Waals surface area contributed by atoms with Gasteiger partial charge in [-0.25, -0.2) is 4.98 Å². The second-order valence-electron chi connectivity index (χ2n) is 9.20. The zero-order chi connectivity index (χ0) is 23.6. The average molecular weight is 480 g/mol. The zero-order valence-corrected chi connectivity index (χ0v) is 19.9. The highest BCUT2D eigenvalue weighted by Gasteiger charge is 2.41. The number of halogens is 1. The smallest absolute Gasteiger partial charge is 0.276 e. The van der Waals surface area contributed by atoms with Crippen LogP contribution in [0.15, 0.2) is 46.3 Å². The minimum Gasteiger partial charge on any atom is -0.377 e. The van der Waals surface area contributed by atoms with Crippen LogP contribution < -0.4 is 15.4 Å². The Morgan fingerprint density at radius 2 is 2.00 bits per heavy atom. The van der Waals surface area contributed by atoms with Gasteiger partial charge in [-0.2, -0.15) is 4.68 Å². The molecule has 176 valence electrons. The molecule has 2 aromatic heterocycles. The molecular weight excluding hydrogens is 454 g/mol. The van der Waals surface area contributed by atoms with Gasteiger partial charge in [0.15, 0.2) is 11.6 Å². The molecular formula is C25H26ClN5O3. The molecule has 0 radical (unpaired) electrons. The number of rotatable bonds is 3. The van der Waals surface area contributed by atoms with E-state index in [1.165, 1.54) is 0 Å². The Hall–Kier alpha value is -3.10. The van der Waals surface area contributed by atoms with Gasteiger partial charge < -0.3 is 14.5 Å². The molecule has 34 heavy (non-hydrogen) atoms. The predicted molar refractivity (Wildman–Crippen MR) is 132 cm³/mol. The van der Waals surface area contributed by atoms with E-state index in [-0.39, 0.29) is 29.6 Å². The Balaban J connectivity index is 1.54. The van der Waals surface area contributed by atoms with E-state index < -0.39 is 0 Å². The maximum absolute atomic E-state index is 13.7. The topological polar surface area (TPSA) is 72.6 Å². The molecule has 0 bridgehead atoms. The fraction of sp³-hybridized carbons (Fsp3) is 0.400. The van der Waals surface area contributed by atoms with Gasteiger partial charge in [0.05, 0.1) is 36.7 Å². The van der Waals surface area contributed by atoms with Gasteiger partial charge in [0.1, 0.15) is 6.04 Å². The van der Waals surface area contributed by atoms with E-state index in [9.17, 15) is 9.59 Å². The predicted octanol–water partition coefficient (Wildman–Crippen LogP) is 3.19. The summed E-state index contributed by atoms with van der Waals surface area (Å²) in [6.45, 7) is 3.01. The summed E-state index contributed by atoms with van der Waals surface area (Å²) in [4.78, 5) is 35.3. The lowest BCUT2D eigenvalue weighted by Crippen LogP contribution is -2.60. The number of anilines is 2. The highest BCUT2D eigenvalue weighted by atomic mass is 35.5. The molecule has 9 heteroatoms. The third-order valence-electron chi connectivity index (χ3n) is 7.19. The Bertz CT molecular complexity index is 1330. The normalized spacial score (nSPS) is 24.1. The van der Waals surface area contributed by atoms with Crippen molar-refractivity contribution in [3.05, 3.63) is 63.1 Å². The number of fused-ring (bicyclic) bond motifs is 2. The lowest BCUT2D eigenvalue weighted by atomic mass is 10.0. The van der Waals surface area contributed by atoms with Crippen LogP contribution >= 0.6 is 11.6 Å². The van der Waals surface area contributed by atoms with Crippen molar-refractivity contribution in [3.8, 4) is 5.82 Å². The van der Waals surface area contributed by atoms with Gasteiger partial charge in [0.2, 0.25) is 5.91 Å². The van der Waals surface area contributed by atoms with Crippen LogP contribution in [0.5, 0.6) is 0 Å². The van der Waals surface area contributed by atoms with Crippen molar-refractivity contribution in [2.24, 2.45) is 0 Å². The second-order valence-corrected chi connectivity index (χ2v) is 9.64. The van der Waals surface area contributed by atoms with Gasteiger partial charge >= 0.3 is 0 Å². The molecule has 4 heterocycles. The van der Waals surface area contributed by atoms with Gasteiger partial charge in [-0.05, 0) is 50.5 Å². The van der Waals surface area contributed by atoms with Gasteiger partial charge in [0.25, 0.3) is 5.56 Å². The summed E-state index contributed by atoms with van der Waals surface area (Å²) < 4.78 is 9.16. The fourth-order valence-corrected chi connectivity index (χ4v) is 5.46. The number of nitrogens with zero attached hydrogens (tertiary/aromatic N) is 5. The maximum atomic E-state index is 13.7. The third kappa shape index (κ3) is 3.12. The molecule has 1 fully saturated rings. The van der Waals surface area contributed by atoms with Crippen molar-refractivity contribution in [1.82, 2.24) is 14.3 Å². The van der Waals surface area contributed by atoms with E-state index in [4.69, 9.17) is 21.3 Å². The first kappa shape index (κ1) is 21.4. The molecule has 0 spiro atoms. The number of aromatic nitrogens is 3. The van der Waals surface area contributed by atoms with Crippen LogP contribution in [0, 0.1) is 0 Å². The summed E-state index contributed by atoms with van der Waals surface area (Å²) in [6.07, 6.45) is 12.3. The molecule has 0 saturated carbocycles. The third-order valence-corrected chi connectivity index (χ3v) is 7.47. The Labute approximate surface area is 202 Å². The molecule has 1 saturated heterocycles. The summed E-state index contributed by atoms with van der Waals surface area (Å²) in [5.74, 6) is 1.27. The van der Waals surface area contributed by atoms with Gasteiger partial charge in [-0.3, -0.25) is 14.3 Å². The first-order valence-electron chi connectivity index (χ1n) is 11.7. The van der Waals surface area contributed by atoms with Crippen LogP contribution in [-0.2, 0) is 16.0 Å². The first-order chi connectivity index (χ1) is 16.5. The Morgan fingerprint density at radius 3 is 2.71 bits per heavy atom. The molecule has 2 aliphatic heterocycles. The summed E-state index contributed by atoms with van der Waals surface area (Å²) in [5.41, 5.74) is 2.41. The number of amides is 1. The number of hydrogen-bond acceptors (Lipinski definition) is 5. The van der Waals surface area contributed by atoms with E-state index in [2.05, 4.69) is 6.08 Å². The minimum atomic E-state index is -0.359. The summed E-state index contributed by atoms with van der Waals surface area (Å²) in [7, 11) is 1.77. The highest BCUT2D eigenvalue weighted by Crippen LogP contribution is 2.37. The Kier molecular flexibility index (Phi) is 5.04. The molecule has 8 nitrogen and oxygen atoms in total. The number of likely N-dealkylation sites (N-methyl/N-ethyl adjacent to an activating group) is 1. The number of pyridine rings is 1. The number of ether oxygens (including phenoxy) is 1. The quantitative estimate of drug-likeness (QED) is 0.676. The van der Waals surface area contributed by atoms with Crippen LogP contribution in [0.3, 0.4) is 0 Å². The highest BCUT2D eigenvalue weighted by molar-refractivity contribution is 6.31. The fourth-order valence-electron chi connectivity index (χ4n) is 5.30. The van der Waals surface area contributed by atoms with E-state index in [1.807, 2.05) is 52.9 Å². The minimum absolute atomic E-state index is 0.0195. The SMILES string of the molecule is CC1C(=O)N(C)c2ccc(-n3c(=O)c4c(n3C3C=CC(Cl)=CC3)C=CCC4)nc2N1C1COC1. The average Bonchev–Trinajstić information content (AvgIpc) is 3.12. The number of carbonyl (C=O) groups is 1. The summed E-state index contributed by atoms with van der Waals surface area (Å²) >= 11 is 6.18. The molecule has 2 aromatic rings. The lowest BCUT2D eigenvalue weighted by molar-refractivity contribution is -0.120. The summed E-state index contributed by atoms with van der Waals surface area (Å²) in [6, 6.07) is 3.39. The standard InChI is InChI=1S/C25H26ClN5O3/c1-15-24(32)28(2)21-11-12-22(27-23(21)29(15)18-13-34-14-18)31-25(33)19-5-3-4-6-20(19)30(31)17-9-7-16(26)8-10-17/h4,6-9,11-12,15,17-18H,3,5,10,13-14H2,1-2H3.